The van der Waals surface area contributed by atoms with Crippen molar-refractivity contribution in [2.24, 2.45) is 11.8 Å². The molecule has 0 radical (unpaired) electrons. The monoisotopic (exact) mass is 138 g/mol. The molecule has 0 aromatic heterocycles. The van der Waals surface area contributed by atoms with Gasteiger partial charge in [0.2, 0.25) is 0 Å². The molecule has 1 nitrogen and oxygen atoms in total. The highest BCUT2D eigenvalue weighted by molar-refractivity contribution is 5.95. The standard InChI is InChI=1S/C9H14O/c1-4-8-7(3)6(2)5-9(8)10/h5,7-8H,4H2,1-3H3. The summed E-state index contributed by atoms with van der Waals surface area (Å²) in [4.78, 5) is 11.1. The van der Waals surface area contributed by atoms with Crippen LogP contribution in [0.25, 0.3) is 0 Å². The average Bonchev–Trinajstić information content (AvgIpc) is 2.09. The van der Waals surface area contributed by atoms with Crippen LogP contribution in [0.1, 0.15) is 27.2 Å². The summed E-state index contributed by atoms with van der Waals surface area (Å²) >= 11 is 0. The van der Waals surface area contributed by atoms with E-state index >= 15 is 0 Å². The Kier molecular flexibility index (Phi) is 1.93. The zero-order chi connectivity index (χ0) is 7.72. The van der Waals surface area contributed by atoms with Crippen LogP contribution in [0.2, 0.25) is 0 Å². The number of rotatable bonds is 1. The van der Waals surface area contributed by atoms with Gasteiger partial charge in [-0.05, 0) is 25.3 Å². The number of carbonyl (C=O) groups excluding carboxylic acids is 1. The van der Waals surface area contributed by atoms with Crippen LogP contribution in [-0.4, -0.2) is 5.78 Å². The van der Waals surface area contributed by atoms with Crippen molar-refractivity contribution in [2.75, 3.05) is 0 Å². The average molecular weight is 138 g/mol. The Morgan fingerprint density at radius 2 is 2.20 bits per heavy atom. The second kappa shape index (κ2) is 2.57. The van der Waals surface area contributed by atoms with Crippen molar-refractivity contribution in [3.63, 3.8) is 0 Å². The number of allylic oxidation sites excluding steroid dienone is 2. The lowest BCUT2D eigenvalue weighted by atomic mass is 9.91. The molecule has 56 valence electrons. The fourth-order valence-electron chi connectivity index (χ4n) is 1.58. The topological polar surface area (TPSA) is 17.1 Å². The minimum Gasteiger partial charge on any atom is -0.295 e. The molecule has 0 fully saturated rings. The molecule has 1 aliphatic carbocycles. The van der Waals surface area contributed by atoms with Gasteiger partial charge >= 0.3 is 0 Å². The Morgan fingerprint density at radius 1 is 1.60 bits per heavy atom. The van der Waals surface area contributed by atoms with Gasteiger partial charge < -0.3 is 0 Å². The summed E-state index contributed by atoms with van der Waals surface area (Å²) in [6, 6.07) is 0. The van der Waals surface area contributed by atoms with Crippen LogP contribution in [0, 0.1) is 11.8 Å². The van der Waals surface area contributed by atoms with Crippen LogP contribution >= 0.6 is 0 Å². The molecule has 2 atom stereocenters. The summed E-state index contributed by atoms with van der Waals surface area (Å²) in [5, 5.41) is 0. The normalized spacial score (nSPS) is 32.7. The largest absolute Gasteiger partial charge is 0.295 e. The Morgan fingerprint density at radius 3 is 2.40 bits per heavy atom. The summed E-state index contributed by atoms with van der Waals surface area (Å²) in [5.74, 6) is 1.09. The quantitative estimate of drug-likeness (QED) is 0.542. The van der Waals surface area contributed by atoms with Crippen molar-refractivity contribution in [1.82, 2.24) is 0 Å². The zero-order valence-corrected chi connectivity index (χ0v) is 6.85. The van der Waals surface area contributed by atoms with Crippen molar-refractivity contribution in [1.29, 1.82) is 0 Å². The number of hydrogen-bond acceptors (Lipinski definition) is 1. The maximum absolute atomic E-state index is 11.1. The van der Waals surface area contributed by atoms with Gasteiger partial charge in [-0.2, -0.15) is 0 Å². The molecule has 1 rings (SSSR count). The maximum atomic E-state index is 11.1. The van der Waals surface area contributed by atoms with E-state index in [4.69, 9.17) is 0 Å². The number of ketones is 1. The first-order chi connectivity index (χ1) is 4.66. The highest BCUT2D eigenvalue weighted by Gasteiger charge is 2.28. The van der Waals surface area contributed by atoms with E-state index < -0.39 is 0 Å². The van der Waals surface area contributed by atoms with E-state index in [1.165, 1.54) is 5.57 Å². The fraction of sp³-hybridized carbons (Fsp3) is 0.667. The van der Waals surface area contributed by atoms with Gasteiger partial charge in [0.05, 0.1) is 0 Å². The molecule has 0 saturated carbocycles. The molecular formula is C9H14O. The Balaban J connectivity index is 2.76. The van der Waals surface area contributed by atoms with Crippen LogP contribution < -0.4 is 0 Å². The molecule has 0 aromatic carbocycles. The molecule has 0 aliphatic heterocycles. The molecule has 0 amide bonds. The van der Waals surface area contributed by atoms with Gasteiger partial charge in [-0.3, -0.25) is 4.79 Å². The van der Waals surface area contributed by atoms with Gasteiger partial charge in [0.25, 0.3) is 0 Å². The molecule has 0 N–H and O–H groups in total. The van der Waals surface area contributed by atoms with Gasteiger partial charge in [0.15, 0.2) is 5.78 Å². The predicted molar refractivity (Wildman–Crippen MR) is 41.7 cm³/mol. The summed E-state index contributed by atoms with van der Waals surface area (Å²) < 4.78 is 0. The van der Waals surface area contributed by atoms with Gasteiger partial charge in [0.1, 0.15) is 0 Å². The highest BCUT2D eigenvalue weighted by atomic mass is 16.1. The lowest BCUT2D eigenvalue weighted by Gasteiger charge is -2.12. The molecule has 0 saturated heterocycles. The smallest absolute Gasteiger partial charge is 0.159 e. The van der Waals surface area contributed by atoms with Crippen molar-refractivity contribution in [2.45, 2.75) is 27.2 Å². The number of carbonyl (C=O) groups is 1. The summed E-state index contributed by atoms with van der Waals surface area (Å²) in [7, 11) is 0. The lowest BCUT2D eigenvalue weighted by molar-refractivity contribution is -0.118. The van der Waals surface area contributed by atoms with Crippen LogP contribution in [0.5, 0.6) is 0 Å². The molecule has 2 unspecified atom stereocenters. The van der Waals surface area contributed by atoms with Crippen LogP contribution in [0.3, 0.4) is 0 Å². The molecule has 10 heavy (non-hydrogen) atoms. The first-order valence-corrected chi connectivity index (χ1v) is 3.88. The summed E-state index contributed by atoms with van der Waals surface area (Å²) in [6.07, 6.45) is 2.77. The summed E-state index contributed by atoms with van der Waals surface area (Å²) in [6.45, 7) is 6.24. The van der Waals surface area contributed by atoms with E-state index in [2.05, 4.69) is 13.8 Å². The van der Waals surface area contributed by atoms with E-state index in [0.29, 0.717) is 11.7 Å². The third-order valence-electron chi connectivity index (χ3n) is 2.50. The van der Waals surface area contributed by atoms with Crippen molar-refractivity contribution < 1.29 is 4.79 Å². The van der Waals surface area contributed by atoms with Crippen LogP contribution in [-0.2, 0) is 4.79 Å². The zero-order valence-electron chi connectivity index (χ0n) is 6.85. The van der Waals surface area contributed by atoms with Gasteiger partial charge in [-0.15, -0.1) is 0 Å². The van der Waals surface area contributed by atoms with Gasteiger partial charge in [-0.25, -0.2) is 0 Å². The van der Waals surface area contributed by atoms with E-state index in [0.717, 1.165) is 6.42 Å². The third-order valence-corrected chi connectivity index (χ3v) is 2.50. The highest BCUT2D eigenvalue weighted by Crippen LogP contribution is 2.30. The molecule has 1 heteroatoms. The molecule has 0 spiro atoms. The molecule has 1 aliphatic rings. The van der Waals surface area contributed by atoms with Crippen LogP contribution in [0.15, 0.2) is 11.6 Å². The Labute approximate surface area is 62.1 Å². The minimum absolute atomic E-state index is 0.278. The second-order valence-electron chi connectivity index (χ2n) is 3.09. The Bertz CT molecular complexity index is 179. The van der Waals surface area contributed by atoms with Gasteiger partial charge in [0, 0.05) is 5.92 Å². The number of hydrogen-bond donors (Lipinski definition) is 0. The molecule has 0 heterocycles. The first-order valence-electron chi connectivity index (χ1n) is 3.88. The SMILES string of the molecule is CCC1C(=O)C=C(C)C1C. The van der Waals surface area contributed by atoms with E-state index in [1.807, 2.05) is 6.92 Å². The maximum Gasteiger partial charge on any atom is 0.159 e. The van der Waals surface area contributed by atoms with Crippen molar-refractivity contribution >= 4 is 5.78 Å². The lowest BCUT2D eigenvalue weighted by Crippen LogP contribution is -2.12. The Hall–Kier alpha value is -0.590. The van der Waals surface area contributed by atoms with Crippen molar-refractivity contribution in [3.8, 4) is 0 Å². The van der Waals surface area contributed by atoms with Crippen LogP contribution in [0.4, 0.5) is 0 Å². The fourth-order valence-corrected chi connectivity index (χ4v) is 1.58. The van der Waals surface area contributed by atoms with E-state index in [-0.39, 0.29) is 5.92 Å². The predicted octanol–water partition coefficient (Wildman–Crippen LogP) is 2.18. The van der Waals surface area contributed by atoms with E-state index in [9.17, 15) is 4.79 Å². The first kappa shape index (κ1) is 7.52. The molecular weight excluding hydrogens is 124 g/mol. The van der Waals surface area contributed by atoms with Crippen molar-refractivity contribution in [3.05, 3.63) is 11.6 Å². The van der Waals surface area contributed by atoms with E-state index in [1.54, 1.807) is 6.08 Å². The van der Waals surface area contributed by atoms with Gasteiger partial charge in [-0.1, -0.05) is 19.4 Å². The molecule has 0 bridgehead atoms. The third kappa shape index (κ3) is 1.00. The minimum atomic E-state index is 0.278. The molecule has 0 aromatic rings. The summed E-state index contributed by atoms with van der Waals surface area (Å²) in [5.41, 5.74) is 1.25. The second-order valence-corrected chi connectivity index (χ2v) is 3.09.